The van der Waals surface area contributed by atoms with E-state index in [9.17, 15) is 9.90 Å². The fourth-order valence-electron chi connectivity index (χ4n) is 2.01. The molecule has 0 atom stereocenters. The lowest BCUT2D eigenvalue weighted by Gasteiger charge is -2.11. The number of likely N-dealkylation sites (N-methyl/N-ethyl adjacent to an activating group) is 1. The molecule has 0 aliphatic carbocycles. The molecule has 0 unspecified atom stereocenters. The maximum atomic E-state index is 12.4. The third-order valence-electron chi connectivity index (χ3n) is 3.10. The van der Waals surface area contributed by atoms with Crippen LogP contribution >= 0.6 is 23.1 Å². The van der Waals surface area contributed by atoms with Crippen molar-refractivity contribution in [3.05, 3.63) is 51.6 Å². The monoisotopic (exact) mass is 330 g/mol. The normalized spacial score (nSPS) is 18.6. The largest absolute Gasteiger partial charge is 0.508 e. The molecule has 4 nitrogen and oxygen atoms in total. The SMILES string of the molecule is CCN1C(=O)/C(=C/c2cccs2)SC1=Nc1ccc(O)cc1. The summed E-state index contributed by atoms with van der Waals surface area (Å²) in [6.07, 6.45) is 1.90. The number of amidine groups is 1. The van der Waals surface area contributed by atoms with E-state index in [1.54, 1.807) is 40.5 Å². The van der Waals surface area contributed by atoms with Crippen LogP contribution in [-0.4, -0.2) is 27.6 Å². The van der Waals surface area contributed by atoms with Crippen molar-refractivity contribution in [3.63, 3.8) is 0 Å². The van der Waals surface area contributed by atoms with Gasteiger partial charge in [-0.15, -0.1) is 11.3 Å². The number of amides is 1. The molecular weight excluding hydrogens is 316 g/mol. The van der Waals surface area contributed by atoms with Gasteiger partial charge in [-0.3, -0.25) is 9.69 Å². The highest BCUT2D eigenvalue weighted by Crippen LogP contribution is 2.34. The van der Waals surface area contributed by atoms with Gasteiger partial charge in [-0.2, -0.15) is 0 Å². The predicted octanol–water partition coefficient (Wildman–Crippen LogP) is 4.08. The van der Waals surface area contributed by atoms with Crippen molar-refractivity contribution in [1.82, 2.24) is 4.90 Å². The number of aromatic hydroxyl groups is 1. The fraction of sp³-hybridized carbons (Fsp3) is 0.125. The smallest absolute Gasteiger partial charge is 0.266 e. The van der Waals surface area contributed by atoms with Gasteiger partial charge in [0.05, 0.1) is 10.6 Å². The second kappa shape index (κ2) is 6.37. The van der Waals surface area contributed by atoms with Crippen molar-refractivity contribution in [2.75, 3.05) is 6.54 Å². The molecule has 0 spiro atoms. The molecular formula is C16H14N2O2S2. The van der Waals surface area contributed by atoms with Gasteiger partial charge in [0.1, 0.15) is 5.75 Å². The molecule has 6 heteroatoms. The van der Waals surface area contributed by atoms with Crippen molar-refractivity contribution in [2.24, 2.45) is 4.99 Å². The number of aliphatic imine (C=N–C) groups is 1. The maximum Gasteiger partial charge on any atom is 0.266 e. The molecule has 1 amide bonds. The molecule has 22 heavy (non-hydrogen) atoms. The first-order valence-electron chi connectivity index (χ1n) is 6.80. The number of rotatable bonds is 3. The number of thioether (sulfide) groups is 1. The number of nitrogens with zero attached hydrogens (tertiary/aromatic N) is 2. The minimum absolute atomic E-state index is 0.0153. The zero-order chi connectivity index (χ0) is 15.5. The lowest BCUT2D eigenvalue weighted by molar-refractivity contribution is -0.122. The number of thiophene rings is 1. The Morgan fingerprint density at radius 3 is 2.68 bits per heavy atom. The Kier molecular flexibility index (Phi) is 4.31. The first-order chi connectivity index (χ1) is 10.7. The molecule has 3 rings (SSSR count). The Morgan fingerprint density at radius 2 is 2.05 bits per heavy atom. The van der Waals surface area contributed by atoms with Crippen LogP contribution in [0.4, 0.5) is 5.69 Å². The second-order valence-electron chi connectivity index (χ2n) is 4.59. The molecule has 0 radical (unpaired) electrons. The molecule has 1 aliphatic heterocycles. The number of benzene rings is 1. The van der Waals surface area contributed by atoms with E-state index >= 15 is 0 Å². The van der Waals surface area contributed by atoms with Crippen molar-refractivity contribution in [2.45, 2.75) is 6.92 Å². The van der Waals surface area contributed by atoms with E-state index in [0.29, 0.717) is 22.3 Å². The van der Waals surface area contributed by atoms with Gasteiger partial charge < -0.3 is 5.11 Å². The van der Waals surface area contributed by atoms with Crippen LogP contribution in [-0.2, 0) is 4.79 Å². The van der Waals surface area contributed by atoms with Crippen LogP contribution in [0.5, 0.6) is 5.75 Å². The molecule has 1 N–H and O–H groups in total. The maximum absolute atomic E-state index is 12.4. The molecule has 0 saturated carbocycles. The van der Waals surface area contributed by atoms with E-state index in [2.05, 4.69) is 4.99 Å². The molecule has 2 heterocycles. The van der Waals surface area contributed by atoms with E-state index in [4.69, 9.17) is 0 Å². The van der Waals surface area contributed by atoms with E-state index in [-0.39, 0.29) is 11.7 Å². The minimum Gasteiger partial charge on any atom is -0.508 e. The molecule has 0 bridgehead atoms. The van der Waals surface area contributed by atoms with Gasteiger partial charge in [-0.25, -0.2) is 4.99 Å². The molecule has 1 fully saturated rings. The van der Waals surface area contributed by atoms with Crippen molar-refractivity contribution < 1.29 is 9.90 Å². The quantitative estimate of drug-likeness (QED) is 0.863. The van der Waals surface area contributed by atoms with Crippen LogP contribution in [0, 0.1) is 0 Å². The van der Waals surface area contributed by atoms with Crippen LogP contribution in [0.2, 0.25) is 0 Å². The van der Waals surface area contributed by atoms with E-state index in [0.717, 1.165) is 4.88 Å². The number of hydrogen-bond acceptors (Lipinski definition) is 5. The summed E-state index contributed by atoms with van der Waals surface area (Å²) in [4.78, 5) is 20.4. The summed E-state index contributed by atoms with van der Waals surface area (Å²) in [7, 11) is 0. The third-order valence-corrected chi connectivity index (χ3v) is 4.92. The zero-order valence-electron chi connectivity index (χ0n) is 11.9. The van der Waals surface area contributed by atoms with Gasteiger partial charge in [0.2, 0.25) is 0 Å². The first kappa shape index (κ1) is 14.9. The van der Waals surface area contributed by atoms with Gasteiger partial charge in [-0.05, 0) is 60.5 Å². The Labute approximate surface area is 136 Å². The van der Waals surface area contributed by atoms with Crippen molar-refractivity contribution >= 4 is 45.9 Å². The number of phenols is 1. The lowest BCUT2D eigenvalue weighted by Crippen LogP contribution is -2.28. The fourth-order valence-corrected chi connectivity index (χ4v) is 3.80. The molecule has 112 valence electrons. The lowest BCUT2D eigenvalue weighted by atomic mass is 10.3. The standard InChI is InChI=1S/C16H14N2O2S2/c1-2-18-15(20)14(10-13-4-3-9-21-13)22-16(18)17-11-5-7-12(19)8-6-11/h3-10,19H,2H2,1H3/b14-10-,17-16?. The summed E-state index contributed by atoms with van der Waals surface area (Å²) in [5, 5.41) is 12.0. The molecule has 2 aromatic rings. The second-order valence-corrected chi connectivity index (χ2v) is 6.57. The number of hydrogen-bond donors (Lipinski definition) is 1. The van der Waals surface area contributed by atoms with Crippen LogP contribution in [0.25, 0.3) is 6.08 Å². The number of phenolic OH excluding ortho intramolecular Hbond substituents is 1. The third kappa shape index (κ3) is 3.08. The number of carbonyl (C=O) groups is 1. The Bertz CT molecular complexity index is 734. The molecule has 1 aromatic carbocycles. The summed E-state index contributed by atoms with van der Waals surface area (Å²) in [5.74, 6) is 0.183. The minimum atomic E-state index is -0.0153. The highest BCUT2D eigenvalue weighted by atomic mass is 32.2. The highest BCUT2D eigenvalue weighted by molar-refractivity contribution is 8.18. The summed E-state index contributed by atoms with van der Waals surface area (Å²) in [5.41, 5.74) is 0.712. The van der Waals surface area contributed by atoms with Crippen molar-refractivity contribution in [3.8, 4) is 5.75 Å². The average molecular weight is 330 g/mol. The van der Waals surface area contributed by atoms with Gasteiger partial charge in [-0.1, -0.05) is 6.07 Å². The molecule has 1 saturated heterocycles. The van der Waals surface area contributed by atoms with Crippen LogP contribution in [0.3, 0.4) is 0 Å². The Morgan fingerprint density at radius 1 is 1.27 bits per heavy atom. The van der Waals surface area contributed by atoms with Gasteiger partial charge in [0.15, 0.2) is 5.17 Å². The summed E-state index contributed by atoms with van der Waals surface area (Å²) < 4.78 is 0. The van der Waals surface area contributed by atoms with Gasteiger partial charge in [0, 0.05) is 11.4 Å². The van der Waals surface area contributed by atoms with E-state index in [1.807, 2.05) is 30.5 Å². The zero-order valence-corrected chi connectivity index (χ0v) is 13.5. The summed E-state index contributed by atoms with van der Waals surface area (Å²) in [6.45, 7) is 2.50. The molecule has 1 aliphatic rings. The van der Waals surface area contributed by atoms with Crippen LogP contribution < -0.4 is 0 Å². The van der Waals surface area contributed by atoms with Crippen molar-refractivity contribution in [1.29, 1.82) is 0 Å². The number of carbonyl (C=O) groups excluding carboxylic acids is 1. The van der Waals surface area contributed by atoms with Crippen LogP contribution in [0.15, 0.2) is 51.7 Å². The van der Waals surface area contributed by atoms with E-state index < -0.39 is 0 Å². The van der Waals surface area contributed by atoms with Gasteiger partial charge in [0.25, 0.3) is 5.91 Å². The average Bonchev–Trinajstić information content (AvgIpc) is 3.11. The topological polar surface area (TPSA) is 52.9 Å². The summed E-state index contributed by atoms with van der Waals surface area (Å²) in [6, 6.07) is 10.6. The Balaban J connectivity index is 1.91. The predicted molar refractivity (Wildman–Crippen MR) is 92.5 cm³/mol. The Hall–Kier alpha value is -2.05. The highest BCUT2D eigenvalue weighted by Gasteiger charge is 2.32. The molecule has 1 aromatic heterocycles. The van der Waals surface area contributed by atoms with Crippen LogP contribution in [0.1, 0.15) is 11.8 Å². The summed E-state index contributed by atoms with van der Waals surface area (Å²) >= 11 is 2.98. The van der Waals surface area contributed by atoms with Gasteiger partial charge >= 0.3 is 0 Å². The first-order valence-corrected chi connectivity index (χ1v) is 8.49. The van der Waals surface area contributed by atoms with E-state index in [1.165, 1.54) is 11.8 Å².